The number of thiocarbonyl (C=S) groups is 1. The average molecular weight is 285 g/mol. The molecule has 0 aliphatic rings. The van der Waals surface area contributed by atoms with Gasteiger partial charge in [-0.05, 0) is 37.1 Å². The van der Waals surface area contributed by atoms with Gasteiger partial charge in [-0.1, -0.05) is 30.4 Å². The molecule has 3 N–H and O–H groups in total. The van der Waals surface area contributed by atoms with Gasteiger partial charge in [0.25, 0.3) is 5.91 Å². The second kappa shape index (κ2) is 5.79. The van der Waals surface area contributed by atoms with Gasteiger partial charge in [0.2, 0.25) is 0 Å². The molecule has 0 spiro atoms. The van der Waals surface area contributed by atoms with Crippen LogP contribution in [0.5, 0.6) is 0 Å². The molecule has 1 heterocycles. The molecule has 0 atom stereocenters. The monoisotopic (exact) mass is 285 g/mol. The predicted octanol–water partition coefficient (Wildman–Crippen LogP) is 2.58. The van der Waals surface area contributed by atoms with Gasteiger partial charge in [-0.15, -0.1) is 0 Å². The molecule has 2 rings (SSSR count). The lowest BCUT2D eigenvalue weighted by molar-refractivity contribution is 0.102. The lowest BCUT2D eigenvalue weighted by Crippen LogP contribution is -2.16. The van der Waals surface area contributed by atoms with Crippen molar-refractivity contribution in [2.75, 3.05) is 5.32 Å². The van der Waals surface area contributed by atoms with E-state index in [1.165, 1.54) is 6.20 Å². The number of nitrogens with one attached hydrogen (secondary N) is 1. The number of carbonyl (C=O) groups excluding carboxylic acids is 1. The van der Waals surface area contributed by atoms with Gasteiger partial charge in [0.05, 0.1) is 0 Å². The lowest BCUT2D eigenvalue weighted by Gasteiger charge is -2.11. The number of benzene rings is 1. The quantitative estimate of drug-likeness (QED) is 0.851. The molecule has 0 aliphatic heterocycles. The van der Waals surface area contributed by atoms with E-state index in [2.05, 4.69) is 10.3 Å². The minimum Gasteiger partial charge on any atom is -0.389 e. The van der Waals surface area contributed by atoms with Crippen LogP contribution in [0, 0.1) is 13.8 Å². The van der Waals surface area contributed by atoms with Crippen LogP contribution in [-0.2, 0) is 0 Å². The molecule has 4 nitrogen and oxygen atoms in total. The van der Waals surface area contributed by atoms with Crippen LogP contribution in [0.3, 0.4) is 0 Å². The Balaban J connectivity index is 2.22. The zero-order chi connectivity index (χ0) is 14.7. The van der Waals surface area contributed by atoms with Crippen LogP contribution in [0.15, 0.2) is 36.5 Å². The number of hydrogen-bond donors (Lipinski definition) is 2. The summed E-state index contributed by atoms with van der Waals surface area (Å²) in [6.07, 6.45) is 1.50. The van der Waals surface area contributed by atoms with Crippen LogP contribution < -0.4 is 11.1 Å². The molecule has 0 saturated carbocycles. The van der Waals surface area contributed by atoms with Crippen LogP contribution in [-0.4, -0.2) is 15.9 Å². The number of carbonyl (C=O) groups is 1. The first kappa shape index (κ1) is 14.1. The van der Waals surface area contributed by atoms with Crippen molar-refractivity contribution in [2.45, 2.75) is 13.8 Å². The van der Waals surface area contributed by atoms with E-state index in [1.54, 1.807) is 12.1 Å². The first-order valence-electron chi connectivity index (χ1n) is 6.12. The molecule has 1 aromatic carbocycles. The Morgan fingerprint density at radius 2 is 1.85 bits per heavy atom. The van der Waals surface area contributed by atoms with Gasteiger partial charge in [0.1, 0.15) is 10.7 Å². The van der Waals surface area contributed by atoms with E-state index in [4.69, 9.17) is 18.0 Å². The molecular formula is C15H15N3OS. The number of hydrogen-bond acceptors (Lipinski definition) is 3. The van der Waals surface area contributed by atoms with Gasteiger partial charge in [-0.25, -0.2) is 0 Å². The van der Waals surface area contributed by atoms with Crippen molar-refractivity contribution in [3.63, 3.8) is 0 Å². The first-order valence-corrected chi connectivity index (χ1v) is 6.53. The highest BCUT2D eigenvalue weighted by Gasteiger charge is 2.11. The van der Waals surface area contributed by atoms with Gasteiger partial charge in [-0.3, -0.25) is 9.78 Å². The van der Waals surface area contributed by atoms with E-state index in [9.17, 15) is 4.79 Å². The zero-order valence-electron chi connectivity index (χ0n) is 11.3. The standard InChI is InChI=1S/C15H15N3OS/c1-9-4-3-5-10(2)13(9)18-15(19)12-7-6-11(8-17-12)14(16)20/h3-8H,1-2H3,(H2,16,20)(H,18,19). The third kappa shape index (κ3) is 3.00. The first-order chi connectivity index (χ1) is 9.49. The van der Waals surface area contributed by atoms with Crippen molar-refractivity contribution in [1.82, 2.24) is 4.98 Å². The van der Waals surface area contributed by atoms with E-state index < -0.39 is 0 Å². The highest BCUT2D eigenvalue weighted by Crippen LogP contribution is 2.20. The van der Waals surface area contributed by atoms with E-state index >= 15 is 0 Å². The van der Waals surface area contributed by atoms with E-state index in [1.807, 2.05) is 32.0 Å². The number of nitrogens with zero attached hydrogens (tertiary/aromatic N) is 1. The Bertz CT molecular complexity index is 645. The summed E-state index contributed by atoms with van der Waals surface area (Å²) < 4.78 is 0. The van der Waals surface area contributed by atoms with Crippen LogP contribution >= 0.6 is 12.2 Å². The Kier molecular flexibility index (Phi) is 4.10. The predicted molar refractivity (Wildman–Crippen MR) is 84.0 cm³/mol. The van der Waals surface area contributed by atoms with Crippen molar-refractivity contribution < 1.29 is 4.79 Å². The van der Waals surface area contributed by atoms with Crippen molar-refractivity contribution in [3.05, 3.63) is 58.9 Å². The minimum absolute atomic E-state index is 0.253. The third-order valence-corrected chi connectivity index (χ3v) is 3.24. The van der Waals surface area contributed by atoms with Crippen molar-refractivity contribution in [3.8, 4) is 0 Å². The molecule has 0 aliphatic carbocycles. The molecule has 0 saturated heterocycles. The molecule has 2 aromatic rings. The highest BCUT2D eigenvalue weighted by molar-refractivity contribution is 7.80. The summed E-state index contributed by atoms with van der Waals surface area (Å²) in [4.78, 5) is 16.5. The second-order valence-electron chi connectivity index (χ2n) is 4.52. The van der Waals surface area contributed by atoms with E-state index in [0.29, 0.717) is 11.3 Å². The van der Waals surface area contributed by atoms with E-state index in [0.717, 1.165) is 16.8 Å². The Hall–Kier alpha value is -2.27. The summed E-state index contributed by atoms with van der Waals surface area (Å²) in [7, 11) is 0. The summed E-state index contributed by atoms with van der Waals surface area (Å²) in [6.45, 7) is 3.90. The van der Waals surface area contributed by atoms with Gasteiger partial charge in [0, 0.05) is 17.4 Å². The van der Waals surface area contributed by atoms with Gasteiger partial charge < -0.3 is 11.1 Å². The number of aromatic nitrogens is 1. The summed E-state index contributed by atoms with van der Waals surface area (Å²) in [6, 6.07) is 9.15. The average Bonchev–Trinajstić information content (AvgIpc) is 2.43. The SMILES string of the molecule is Cc1cccc(C)c1NC(=O)c1ccc(C(N)=S)cn1. The molecular weight excluding hydrogens is 270 g/mol. The van der Waals surface area contributed by atoms with Crippen LogP contribution in [0.2, 0.25) is 0 Å². The number of pyridine rings is 1. The van der Waals surface area contributed by atoms with Crippen LogP contribution in [0.4, 0.5) is 5.69 Å². The van der Waals surface area contributed by atoms with Crippen LogP contribution in [0.1, 0.15) is 27.2 Å². The topological polar surface area (TPSA) is 68.0 Å². The molecule has 102 valence electrons. The molecule has 1 aromatic heterocycles. The Labute approximate surface area is 123 Å². The molecule has 20 heavy (non-hydrogen) atoms. The lowest BCUT2D eigenvalue weighted by atomic mass is 10.1. The molecule has 0 fully saturated rings. The fraction of sp³-hybridized carbons (Fsp3) is 0.133. The van der Waals surface area contributed by atoms with E-state index in [-0.39, 0.29) is 10.9 Å². The maximum absolute atomic E-state index is 12.2. The van der Waals surface area contributed by atoms with Crippen molar-refractivity contribution in [1.29, 1.82) is 0 Å². The largest absolute Gasteiger partial charge is 0.389 e. The van der Waals surface area contributed by atoms with Gasteiger partial charge >= 0.3 is 0 Å². The zero-order valence-corrected chi connectivity index (χ0v) is 12.1. The number of para-hydroxylation sites is 1. The Morgan fingerprint density at radius 1 is 1.20 bits per heavy atom. The normalized spacial score (nSPS) is 10.1. The smallest absolute Gasteiger partial charge is 0.274 e. The molecule has 5 heteroatoms. The molecule has 0 unspecified atom stereocenters. The number of anilines is 1. The number of rotatable bonds is 3. The van der Waals surface area contributed by atoms with Crippen LogP contribution in [0.25, 0.3) is 0 Å². The third-order valence-electron chi connectivity index (χ3n) is 3.00. The minimum atomic E-state index is -0.253. The number of amides is 1. The number of aryl methyl sites for hydroxylation is 2. The number of nitrogens with two attached hydrogens (primary N) is 1. The van der Waals surface area contributed by atoms with Gasteiger partial charge in [0.15, 0.2) is 0 Å². The fourth-order valence-corrected chi connectivity index (χ4v) is 1.98. The summed E-state index contributed by atoms with van der Waals surface area (Å²) in [5.41, 5.74) is 9.30. The summed E-state index contributed by atoms with van der Waals surface area (Å²) >= 11 is 4.85. The molecule has 1 amide bonds. The Morgan fingerprint density at radius 3 is 2.35 bits per heavy atom. The summed E-state index contributed by atoms with van der Waals surface area (Å²) in [5.74, 6) is -0.253. The maximum Gasteiger partial charge on any atom is 0.274 e. The summed E-state index contributed by atoms with van der Waals surface area (Å²) in [5, 5.41) is 2.88. The fourth-order valence-electron chi connectivity index (χ4n) is 1.86. The van der Waals surface area contributed by atoms with Crippen molar-refractivity contribution >= 4 is 28.8 Å². The highest BCUT2D eigenvalue weighted by atomic mass is 32.1. The van der Waals surface area contributed by atoms with Crippen molar-refractivity contribution in [2.24, 2.45) is 5.73 Å². The second-order valence-corrected chi connectivity index (χ2v) is 4.96. The maximum atomic E-state index is 12.2. The molecule has 0 radical (unpaired) electrons. The van der Waals surface area contributed by atoms with Gasteiger partial charge in [-0.2, -0.15) is 0 Å². The molecule has 0 bridgehead atoms.